The van der Waals surface area contributed by atoms with E-state index in [-0.39, 0.29) is 36.7 Å². The second-order valence-corrected chi connectivity index (χ2v) is 9.18. The van der Waals surface area contributed by atoms with Gasteiger partial charge in [0.2, 0.25) is 5.91 Å². The summed E-state index contributed by atoms with van der Waals surface area (Å²) in [4.78, 5) is 41.0. The van der Waals surface area contributed by atoms with Gasteiger partial charge in [0.15, 0.2) is 11.8 Å². The van der Waals surface area contributed by atoms with E-state index in [2.05, 4.69) is 10.6 Å². The van der Waals surface area contributed by atoms with Crippen molar-refractivity contribution in [2.75, 3.05) is 13.1 Å². The zero-order valence-corrected chi connectivity index (χ0v) is 20.6. The van der Waals surface area contributed by atoms with Crippen LogP contribution in [0.3, 0.4) is 0 Å². The van der Waals surface area contributed by atoms with Crippen molar-refractivity contribution in [3.63, 3.8) is 0 Å². The number of rotatable bonds is 10. The Morgan fingerprint density at radius 3 is 2.44 bits per heavy atom. The van der Waals surface area contributed by atoms with Crippen LogP contribution in [0, 0.1) is 6.92 Å². The minimum Gasteiger partial charge on any atom is -0.464 e. The maximum Gasteiger partial charge on any atom is 0.287 e. The van der Waals surface area contributed by atoms with Gasteiger partial charge < -0.3 is 24.4 Å². The summed E-state index contributed by atoms with van der Waals surface area (Å²) >= 11 is 0. The van der Waals surface area contributed by atoms with Gasteiger partial charge in [-0.25, -0.2) is 0 Å². The molecule has 2 N–H and O–H groups in total. The van der Waals surface area contributed by atoms with Crippen molar-refractivity contribution < 1.29 is 23.2 Å². The fourth-order valence-electron chi connectivity index (χ4n) is 4.60. The van der Waals surface area contributed by atoms with Crippen molar-refractivity contribution in [3.8, 4) is 0 Å². The number of aryl methyl sites for hydroxylation is 1. The fraction of sp³-hybridized carbons (Fsp3) is 0.393. The molecular formula is C28H33N3O5. The predicted molar refractivity (Wildman–Crippen MR) is 134 cm³/mol. The molecule has 0 bridgehead atoms. The van der Waals surface area contributed by atoms with Crippen LogP contribution in [0.1, 0.15) is 65.8 Å². The summed E-state index contributed by atoms with van der Waals surface area (Å²) in [5.41, 5.74) is 1.04. The van der Waals surface area contributed by atoms with Gasteiger partial charge in [0, 0.05) is 12.6 Å². The first-order valence-electron chi connectivity index (χ1n) is 12.5. The molecule has 4 rings (SSSR count). The molecule has 0 spiro atoms. The summed E-state index contributed by atoms with van der Waals surface area (Å²) in [6, 6.07) is 15.6. The van der Waals surface area contributed by atoms with E-state index < -0.39 is 11.9 Å². The quantitative estimate of drug-likeness (QED) is 0.443. The summed E-state index contributed by atoms with van der Waals surface area (Å²) in [5.74, 6) is 0.0284. The van der Waals surface area contributed by atoms with Crippen LogP contribution < -0.4 is 10.6 Å². The van der Waals surface area contributed by atoms with E-state index in [1.165, 1.54) is 23.7 Å². The topological polar surface area (TPSA) is 105 Å². The van der Waals surface area contributed by atoms with E-state index in [4.69, 9.17) is 8.83 Å². The molecule has 3 amide bonds. The third-order valence-corrected chi connectivity index (χ3v) is 6.49. The number of carbonyl (C=O) groups is 3. The SMILES string of the molecule is Cc1ccc(C(C(=O)NC2CCCCC2)N(CCc2ccccc2)C(=O)CNC(=O)c2ccco2)o1. The summed E-state index contributed by atoms with van der Waals surface area (Å²) in [5, 5.41) is 5.76. The second kappa shape index (κ2) is 12.2. The fourth-order valence-corrected chi connectivity index (χ4v) is 4.60. The molecule has 0 aliphatic heterocycles. The summed E-state index contributed by atoms with van der Waals surface area (Å²) in [7, 11) is 0. The average molecular weight is 492 g/mol. The largest absolute Gasteiger partial charge is 0.464 e. The Balaban J connectivity index is 1.56. The molecule has 1 unspecified atom stereocenters. The number of nitrogens with zero attached hydrogens (tertiary/aromatic N) is 1. The lowest BCUT2D eigenvalue weighted by molar-refractivity contribution is -0.141. The van der Waals surface area contributed by atoms with Crippen molar-refractivity contribution >= 4 is 17.7 Å². The summed E-state index contributed by atoms with van der Waals surface area (Å²) in [6.07, 6.45) is 7.11. The van der Waals surface area contributed by atoms with Gasteiger partial charge in [0.05, 0.1) is 12.8 Å². The number of furan rings is 2. The Morgan fingerprint density at radius 1 is 1.00 bits per heavy atom. The van der Waals surface area contributed by atoms with Gasteiger partial charge in [-0.1, -0.05) is 49.6 Å². The van der Waals surface area contributed by atoms with Gasteiger partial charge in [-0.05, 0) is 56.0 Å². The van der Waals surface area contributed by atoms with Gasteiger partial charge in [0.25, 0.3) is 11.8 Å². The van der Waals surface area contributed by atoms with Gasteiger partial charge in [0.1, 0.15) is 11.5 Å². The third-order valence-electron chi connectivity index (χ3n) is 6.49. The van der Waals surface area contributed by atoms with Crippen LogP contribution >= 0.6 is 0 Å². The molecule has 2 heterocycles. The minimum atomic E-state index is -0.947. The first-order valence-corrected chi connectivity index (χ1v) is 12.5. The monoisotopic (exact) mass is 491 g/mol. The molecular weight excluding hydrogens is 458 g/mol. The number of amides is 3. The Bertz CT molecular complexity index is 1130. The summed E-state index contributed by atoms with van der Waals surface area (Å²) in [6.45, 7) is 1.81. The smallest absolute Gasteiger partial charge is 0.287 e. The highest BCUT2D eigenvalue weighted by Crippen LogP contribution is 2.26. The second-order valence-electron chi connectivity index (χ2n) is 9.18. The van der Waals surface area contributed by atoms with E-state index >= 15 is 0 Å². The normalized spacial score (nSPS) is 14.7. The van der Waals surface area contributed by atoms with Crippen LogP contribution in [0.25, 0.3) is 0 Å². The van der Waals surface area contributed by atoms with E-state index in [1.54, 1.807) is 25.1 Å². The van der Waals surface area contributed by atoms with Gasteiger partial charge in [-0.3, -0.25) is 14.4 Å². The average Bonchev–Trinajstić information content (AvgIpc) is 3.58. The maximum atomic E-state index is 13.6. The first-order chi connectivity index (χ1) is 17.5. The lowest BCUT2D eigenvalue weighted by Gasteiger charge is -2.32. The summed E-state index contributed by atoms with van der Waals surface area (Å²) < 4.78 is 11.0. The van der Waals surface area contributed by atoms with Crippen LogP contribution in [-0.2, 0) is 16.0 Å². The standard InChI is InChI=1S/C28H33N3O5/c1-20-14-15-23(36-20)26(28(34)30-22-11-6-3-7-12-22)31(17-16-21-9-4-2-5-10-21)25(32)19-29-27(33)24-13-8-18-35-24/h2,4-5,8-10,13-15,18,22,26H,3,6-7,11-12,16-17,19H2,1H3,(H,29,33)(H,30,34). The van der Waals surface area contributed by atoms with Crippen molar-refractivity contribution in [2.24, 2.45) is 0 Å². The van der Waals surface area contributed by atoms with Crippen LogP contribution in [0.15, 0.2) is 69.7 Å². The molecule has 8 heteroatoms. The van der Waals surface area contributed by atoms with Gasteiger partial charge >= 0.3 is 0 Å². The zero-order valence-electron chi connectivity index (χ0n) is 20.6. The molecule has 36 heavy (non-hydrogen) atoms. The lowest BCUT2D eigenvalue weighted by atomic mass is 9.95. The molecule has 190 valence electrons. The highest BCUT2D eigenvalue weighted by Gasteiger charge is 2.35. The number of hydrogen-bond acceptors (Lipinski definition) is 5. The van der Waals surface area contributed by atoms with Crippen LogP contribution in [0.5, 0.6) is 0 Å². The predicted octanol–water partition coefficient (Wildman–Crippen LogP) is 4.17. The Hall–Kier alpha value is -3.81. The van der Waals surface area contributed by atoms with E-state index in [1.807, 2.05) is 30.3 Å². The van der Waals surface area contributed by atoms with Crippen LogP contribution in [0.2, 0.25) is 0 Å². The third kappa shape index (κ3) is 6.65. The van der Waals surface area contributed by atoms with E-state index in [0.29, 0.717) is 17.9 Å². The number of nitrogens with one attached hydrogen (secondary N) is 2. The lowest BCUT2D eigenvalue weighted by Crippen LogP contribution is -2.50. The molecule has 1 saturated carbocycles. The molecule has 0 radical (unpaired) electrons. The number of carbonyl (C=O) groups excluding carboxylic acids is 3. The Kier molecular flexibility index (Phi) is 8.60. The van der Waals surface area contributed by atoms with E-state index in [0.717, 1.165) is 31.2 Å². The molecule has 2 aromatic heterocycles. The van der Waals surface area contributed by atoms with Gasteiger partial charge in [-0.2, -0.15) is 0 Å². The van der Waals surface area contributed by atoms with Crippen molar-refractivity contribution in [1.29, 1.82) is 0 Å². The molecule has 1 atom stereocenters. The van der Waals surface area contributed by atoms with Gasteiger partial charge in [-0.15, -0.1) is 0 Å². The molecule has 8 nitrogen and oxygen atoms in total. The molecule has 3 aromatic rings. The zero-order chi connectivity index (χ0) is 25.3. The van der Waals surface area contributed by atoms with Crippen molar-refractivity contribution in [2.45, 2.75) is 57.5 Å². The number of benzene rings is 1. The highest BCUT2D eigenvalue weighted by atomic mass is 16.3. The van der Waals surface area contributed by atoms with Crippen LogP contribution in [0.4, 0.5) is 0 Å². The number of hydrogen-bond donors (Lipinski definition) is 2. The molecule has 1 fully saturated rings. The molecule has 1 aliphatic rings. The first kappa shape index (κ1) is 25.3. The highest BCUT2D eigenvalue weighted by molar-refractivity contribution is 5.95. The maximum absolute atomic E-state index is 13.6. The molecule has 1 aromatic carbocycles. The Morgan fingerprint density at radius 2 is 1.78 bits per heavy atom. The van der Waals surface area contributed by atoms with E-state index in [9.17, 15) is 14.4 Å². The van der Waals surface area contributed by atoms with Crippen molar-refractivity contribution in [1.82, 2.24) is 15.5 Å². The Labute approximate surface area is 211 Å². The van der Waals surface area contributed by atoms with Crippen LogP contribution in [-0.4, -0.2) is 41.8 Å². The minimum absolute atomic E-state index is 0.0783. The molecule has 1 aliphatic carbocycles. The molecule has 0 saturated heterocycles. The van der Waals surface area contributed by atoms with Crippen molar-refractivity contribution in [3.05, 3.63) is 83.7 Å².